The van der Waals surface area contributed by atoms with Gasteiger partial charge in [0.1, 0.15) is 5.41 Å². The zero-order valence-corrected chi connectivity index (χ0v) is 19.5. The summed E-state index contributed by atoms with van der Waals surface area (Å²) in [5, 5.41) is 0. The molecule has 176 valence electrons. The highest BCUT2D eigenvalue weighted by atomic mass is 16.5. The van der Waals surface area contributed by atoms with Crippen LogP contribution in [-0.4, -0.2) is 54.3 Å². The third kappa shape index (κ3) is 4.23. The van der Waals surface area contributed by atoms with Crippen molar-refractivity contribution in [3.05, 3.63) is 60.3 Å². The molecule has 2 heterocycles. The van der Waals surface area contributed by atoms with Crippen molar-refractivity contribution in [3.8, 4) is 0 Å². The minimum atomic E-state index is -1.08. The summed E-state index contributed by atoms with van der Waals surface area (Å²) in [6.45, 7) is 5.46. The number of fused-ring (bicyclic) bond motifs is 1. The number of amides is 2. The lowest BCUT2D eigenvalue weighted by Gasteiger charge is -2.35. The van der Waals surface area contributed by atoms with Gasteiger partial charge in [-0.15, -0.1) is 6.58 Å². The Balaban J connectivity index is 1.54. The van der Waals surface area contributed by atoms with E-state index in [1.807, 2.05) is 17.0 Å². The van der Waals surface area contributed by atoms with Gasteiger partial charge in [0, 0.05) is 31.8 Å². The van der Waals surface area contributed by atoms with Gasteiger partial charge in [-0.3, -0.25) is 14.4 Å². The van der Waals surface area contributed by atoms with Crippen molar-refractivity contribution in [1.82, 2.24) is 9.80 Å². The molecule has 4 rings (SSSR count). The molecule has 3 aliphatic rings. The highest BCUT2D eigenvalue weighted by molar-refractivity contribution is 5.99. The maximum Gasteiger partial charge on any atom is 0.318 e. The Bertz CT molecular complexity index is 933. The first kappa shape index (κ1) is 23.3. The van der Waals surface area contributed by atoms with Gasteiger partial charge in [0.25, 0.3) is 0 Å². The monoisotopic (exact) mass is 450 g/mol. The highest BCUT2D eigenvalue weighted by Crippen LogP contribution is 2.53. The zero-order valence-electron chi connectivity index (χ0n) is 19.5. The van der Waals surface area contributed by atoms with Gasteiger partial charge in [0.2, 0.25) is 11.8 Å². The van der Waals surface area contributed by atoms with Gasteiger partial charge < -0.3 is 14.5 Å². The number of rotatable bonds is 6. The van der Waals surface area contributed by atoms with Crippen LogP contribution in [0.2, 0.25) is 0 Å². The molecule has 6 nitrogen and oxygen atoms in total. The molecule has 2 aliphatic heterocycles. The van der Waals surface area contributed by atoms with Gasteiger partial charge in [-0.25, -0.2) is 0 Å². The number of esters is 1. The molecule has 1 aliphatic carbocycles. The normalized spacial score (nSPS) is 25.8. The van der Waals surface area contributed by atoms with Crippen LogP contribution in [0.25, 0.3) is 0 Å². The van der Waals surface area contributed by atoms with Gasteiger partial charge in [0.05, 0.1) is 13.0 Å². The molecule has 1 aromatic carbocycles. The molecule has 2 atom stereocenters. The molecule has 0 radical (unpaired) electrons. The summed E-state index contributed by atoms with van der Waals surface area (Å²) in [7, 11) is 1.37. The van der Waals surface area contributed by atoms with Crippen LogP contribution in [0.4, 0.5) is 0 Å². The number of nitrogens with zero attached hydrogens (tertiary/aromatic N) is 2. The summed E-state index contributed by atoms with van der Waals surface area (Å²) in [5.74, 6) is -0.901. The third-order valence-corrected chi connectivity index (χ3v) is 7.63. The first-order chi connectivity index (χ1) is 16.0. The molecular formula is C27H34N2O4. The third-order valence-electron chi connectivity index (χ3n) is 7.63. The summed E-state index contributed by atoms with van der Waals surface area (Å²) >= 11 is 0. The molecule has 2 fully saturated rings. The Hall–Kier alpha value is -2.89. The fourth-order valence-corrected chi connectivity index (χ4v) is 5.92. The Kier molecular flexibility index (Phi) is 7.01. The van der Waals surface area contributed by atoms with Crippen LogP contribution in [0.15, 0.2) is 54.8 Å². The average Bonchev–Trinajstić information content (AvgIpc) is 2.99. The number of hydrogen-bond acceptors (Lipinski definition) is 4. The molecule has 2 amide bonds. The molecule has 0 bridgehead atoms. The molecule has 0 spiro atoms. The molecule has 2 saturated heterocycles. The molecule has 0 N–H and O–H groups in total. The molecule has 0 saturated carbocycles. The molecular weight excluding hydrogens is 416 g/mol. The van der Waals surface area contributed by atoms with Crippen molar-refractivity contribution in [3.63, 3.8) is 0 Å². The zero-order chi connectivity index (χ0) is 23.4. The summed E-state index contributed by atoms with van der Waals surface area (Å²) < 4.78 is 5.24. The van der Waals surface area contributed by atoms with E-state index < -0.39 is 17.3 Å². The number of ether oxygens (including phenoxy) is 1. The predicted octanol–water partition coefficient (Wildman–Crippen LogP) is 4.04. The van der Waals surface area contributed by atoms with Crippen LogP contribution in [0.3, 0.4) is 0 Å². The van der Waals surface area contributed by atoms with Gasteiger partial charge >= 0.3 is 5.97 Å². The van der Waals surface area contributed by atoms with Gasteiger partial charge in [-0.1, -0.05) is 48.9 Å². The van der Waals surface area contributed by atoms with Crippen LogP contribution in [-0.2, 0) is 19.1 Å². The minimum absolute atomic E-state index is 0.0366. The number of allylic oxidation sites excluding steroid dienone is 1. The average molecular weight is 451 g/mol. The van der Waals surface area contributed by atoms with E-state index in [0.717, 1.165) is 32.1 Å². The Morgan fingerprint density at radius 3 is 2.58 bits per heavy atom. The van der Waals surface area contributed by atoms with Crippen LogP contribution >= 0.6 is 0 Å². The van der Waals surface area contributed by atoms with Crippen LogP contribution < -0.4 is 0 Å². The second-order valence-electron chi connectivity index (χ2n) is 9.36. The first-order valence-electron chi connectivity index (χ1n) is 12.1. The smallest absolute Gasteiger partial charge is 0.318 e. The molecule has 0 aromatic heterocycles. The largest absolute Gasteiger partial charge is 0.468 e. The summed E-state index contributed by atoms with van der Waals surface area (Å²) in [6, 6.07) is 10.4. The topological polar surface area (TPSA) is 66.9 Å². The molecule has 6 heteroatoms. The van der Waals surface area contributed by atoms with Gasteiger partial charge in [-0.2, -0.15) is 0 Å². The van der Waals surface area contributed by atoms with E-state index in [1.165, 1.54) is 12.7 Å². The number of carbonyl (C=O) groups is 3. The van der Waals surface area contributed by atoms with Crippen molar-refractivity contribution in [2.24, 2.45) is 11.3 Å². The number of hydrogen-bond donors (Lipinski definition) is 0. The maximum atomic E-state index is 13.5. The van der Waals surface area contributed by atoms with Crippen LogP contribution in [0.1, 0.15) is 56.4 Å². The van der Waals surface area contributed by atoms with Crippen LogP contribution in [0, 0.1) is 11.3 Å². The van der Waals surface area contributed by atoms with E-state index in [-0.39, 0.29) is 18.2 Å². The van der Waals surface area contributed by atoms with Crippen molar-refractivity contribution in [1.29, 1.82) is 0 Å². The predicted molar refractivity (Wildman–Crippen MR) is 126 cm³/mol. The quantitative estimate of drug-likeness (QED) is 0.485. The van der Waals surface area contributed by atoms with Crippen molar-refractivity contribution < 1.29 is 19.1 Å². The number of benzene rings is 1. The highest BCUT2D eigenvalue weighted by Gasteiger charge is 2.61. The number of piperidine rings is 1. The Labute approximate surface area is 196 Å². The van der Waals surface area contributed by atoms with Gasteiger partial charge in [-0.05, 0) is 43.6 Å². The Morgan fingerprint density at radius 1 is 1.18 bits per heavy atom. The number of carbonyl (C=O) groups excluding carboxylic acids is 3. The second kappa shape index (κ2) is 9.94. The van der Waals surface area contributed by atoms with E-state index >= 15 is 0 Å². The number of likely N-dealkylation sites (tertiary alicyclic amines) is 2. The lowest BCUT2D eigenvalue weighted by Crippen LogP contribution is -2.44. The van der Waals surface area contributed by atoms with E-state index in [2.05, 4.69) is 30.8 Å². The lowest BCUT2D eigenvalue weighted by molar-refractivity contribution is -0.156. The summed E-state index contributed by atoms with van der Waals surface area (Å²) in [6.07, 6.45) is 8.62. The van der Waals surface area contributed by atoms with E-state index in [0.29, 0.717) is 37.7 Å². The molecule has 0 unspecified atom stereocenters. The summed E-state index contributed by atoms with van der Waals surface area (Å²) in [5.41, 5.74) is 0.939. The van der Waals surface area contributed by atoms with Crippen molar-refractivity contribution in [2.75, 3.05) is 26.7 Å². The fraction of sp³-hybridized carbons (Fsp3) is 0.519. The summed E-state index contributed by atoms with van der Waals surface area (Å²) in [4.78, 5) is 43.6. The molecule has 33 heavy (non-hydrogen) atoms. The van der Waals surface area contributed by atoms with E-state index in [4.69, 9.17) is 4.74 Å². The van der Waals surface area contributed by atoms with Crippen molar-refractivity contribution >= 4 is 17.8 Å². The SMILES string of the molecule is C=CCN1C(=O)[C@@H](CC(=O)N2CCC(c3ccccc3)CC2)[C@]2(C(=O)OC)CCCCC=C12. The number of methoxy groups -OCH3 is 1. The van der Waals surface area contributed by atoms with Crippen LogP contribution in [0.5, 0.6) is 0 Å². The Morgan fingerprint density at radius 2 is 1.91 bits per heavy atom. The first-order valence-corrected chi connectivity index (χ1v) is 12.1. The standard InChI is InChI=1S/C27H34N2O4/c1-3-16-29-23-12-8-5-9-15-27(23,26(32)33-2)22(25(29)31)19-24(30)28-17-13-21(14-18-28)20-10-6-4-7-11-20/h3-4,6-7,10-12,21-22H,1,5,8-9,13-19H2,2H3/t22-,27-/m1/s1. The van der Waals surface area contributed by atoms with E-state index in [1.54, 1.807) is 11.0 Å². The van der Waals surface area contributed by atoms with Gasteiger partial charge in [0.15, 0.2) is 0 Å². The van der Waals surface area contributed by atoms with E-state index in [9.17, 15) is 14.4 Å². The fourth-order valence-electron chi connectivity index (χ4n) is 5.92. The minimum Gasteiger partial charge on any atom is -0.468 e. The maximum absolute atomic E-state index is 13.5. The van der Waals surface area contributed by atoms with Crippen molar-refractivity contribution in [2.45, 2.75) is 50.9 Å². The molecule has 1 aromatic rings. The second-order valence-corrected chi connectivity index (χ2v) is 9.36. The lowest BCUT2D eigenvalue weighted by atomic mass is 9.71.